The average Bonchev–Trinajstić information content (AvgIpc) is 2.18. The van der Waals surface area contributed by atoms with E-state index >= 15 is 0 Å². The Morgan fingerprint density at radius 1 is 1.43 bits per heavy atom. The van der Waals surface area contributed by atoms with Crippen LogP contribution in [0.1, 0.15) is 23.7 Å². The van der Waals surface area contributed by atoms with Crippen LogP contribution in [0.25, 0.3) is 0 Å². The molecule has 1 aromatic carbocycles. The van der Waals surface area contributed by atoms with Gasteiger partial charge < -0.3 is 5.11 Å². The van der Waals surface area contributed by atoms with Crippen molar-refractivity contribution in [2.75, 3.05) is 0 Å². The third-order valence-corrected chi connectivity index (χ3v) is 2.51. The van der Waals surface area contributed by atoms with E-state index in [1.54, 1.807) is 12.1 Å². The maximum Gasteiger partial charge on any atom is 0.349 e. The van der Waals surface area contributed by atoms with Gasteiger partial charge in [-0.2, -0.15) is 4.99 Å². The first-order valence-electron chi connectivity index (χ1n) is 4.70. The summed E-state index contributed by atoms with van der Waals surface area (Å²) in [6.45, 7) is 1.88. The van der Waals surface area contributed by atoms with Crippen LogP contribution in [0.2, 0.25) is 0 Å². The molecule has 1 aliphatic heterocycles. The van der Waals surface area contributed by atoms with E-state index in [0.717, 1.165) is 0 Å². The molecule has 0 bridgehead atoms. The SMILES string of the molecule is CC[C@H]1C(=O)c2ccccc2[NH+]=C1O. The first-order valence-corrected chi connectivity index (χ1v) is 4.70. The maximum atomic E-state index is 11.8. The van der Waals surface area contributed by atoms with Crippen LogP contribution in [0, 0.1) is 5.92 Å². The van der Waals surface area contributed by atoms with Gasteiger partial charge in [0.25, 0.3) is 0 Å². The summed E-state index contributed by atoms with van der Waals surface area (Å²) in [5.74, 6) is -0.333. The second-order valence-corrected chi connectivity index (χ2v) is 3.38. The zero-order chi connectivity index (χ0) is 10.1. The molecule has 0 amide bonds. The Morgan fingerprint density at radius 3 is 2.86 bits per heavy atom. The fraction of sp³-hybridized carbons (Fsp3) is 0.273. The molecule has 1 aliphatic rings. The van der Waals surface area contributed by atoms with E-state index in [9.17, 15) is 9.90 Å². The second kappa shape index (κ2) is 3.25. The number of Topliss-reactive ketones (excluding diaryl/α,β-unsaturated/α-hetero) is 1. The number of hydrogen-bond acceptors (Lipinski definition) is 1. The first kappa shape index (κ1) is 8.94. The number of benzene rings is 1. The number of carbonyl (C=O) groups is 1. The number of hydrogen-bond donors (Lipinski definition) is 2. The van der Waals surface area contributed by atoms with Crippen molar-refractivity contribution in [1.29, 1.82) is 0 Å². The fourth-order valence-electron chi connectivity index (χ4n) is 1.72. The van der Waals surface area contributed by atoms with E-state index in [4.69, 9.17) is 0 Å². The summed E-state index contributed by atoms with van der Waals surface area (Å²) in [6.07, 6.45) is 0.617. The van der Waals surface area contributed by atoms with Gasteiger partial charge >= 0.3 is 5.90 Å². The van der Waals surface area contributed by atoms with E-state index in [2.05, 4.69) is 4.99 Å². The predicted molar refractivity (Wildman–Crippen MR) is 52.8 cm³/mol. The van der Waals surface area contributed by atoms with Crippen molar-refractivity contribution in [1.82, 2.24) is 0 Å². The van der Waals surface area contributed by atoms with Crippen molar-refractivity contribution in [3.8, 4) is 0 Å². The number of nitrogens with one attached hydrogen (secondary N) is 1. The molecule has 0 saturated carbocycles. The summed E-state index contributed by atoms with van der Waals surface area (Å²) in [5.41, 5.74) is 1.36. The lowest BCUT2D eigenvalue weighted by Crippen LogP contribution is -2.71. The number of para-hydroxylation sites is 1. The Morgan fingerprint density at radius 2 is 2.14 bits per heavy atom. The van der Waals surface area contributed by atoms with Crippen molar-refractivity contribution in [2.24, 2.45) is 5.92 Å². The van der Waals surface area contributed by atoms with Gasteiger partial charge in [0, 0.05) is 6.07 Å². The summed E-state index contributed by atoms with van der Waals surface area (Å²) < 4.78 is 0. The van der Waals surface area contributed by atoms with Crippen LogP contribution < -0.4 is 4.99 Å². The van der Waals surface area contributed by atoms with Crippen molar-refractivity contribution >= 4 is 17.4 Å². The van der Waals surface area contributed by atoms with Gasteiger partial charge in [-0.15, -0.1) is 0 Å². The molecule has 14 heavy (non-hydrogen) atoms. The number of aliphatic hydroxyl groups is 1. The standard InChI is InChI=1S/C11H11NO2/c1-2-7-10(13)8-5-3-4-6-9(8)12-11(7)14/h3-7H,2H2,1H3,(H,12,14)/p+1/t7-/m0/s1. The molecule has 3 nitrogen and oxygen atoms in total. The highest BCUT2D eigenvalue weighted by Crippen LogP contribution is 2.19. The zero-order valence-electron chi connectivity index (χ0n) is 7.95. The molecule has 0 aromatic heterocycles. The Kier molecular flexibility index (Phi) is 2.08. The molecule has 0 unspecified atom stereocenters. The van der Waals surface area contributed by atoms with Crippen molar-refractivity contribution < 1.29 is 14.9 Å². The summed E-state index contributed by atoms with van der Waals surface area (Å²) in [5, 5.41) is 9.57. The molecule has 0 fully saturated rings. The van der Waals surface area contributed by atoms with Crippen LogP contribution in [-0.2, 0) is 0 Å². The monoisotopic (exact) mass is 190 g/mol. The molecule has 3 heteroatoms. The van der Waals surface area contributed by atoms with Crippen LogP contribution in [0.4, 0.5) is 5.69 Å². The van der Waals surface area contributed by atoms with Gasteiger partial charge in [0.15, 0.2) is 5.78 Å². The van der Waals surface area contributed by atoms with Crippen LogP contribution in [-0.4, -0.2) is 16.8 Å². The van der Waals surface area contributed by atoms with E-state index in [0.29, 0.717) is 17.7 Å². The maximum absolute atomic E-state index is 11.8. The van der Waals surface area contributed by atoms with Gasteiger partial charge in [-0.05, 0) is 12.5 Å². The van der Waals surface area contributed by atoms with Crippen molar-refractivity contribution in [3.63, 3.8) is 0 Å². The Hall–Kier alpha value is -1.64. The molecule has 1 heterocycles. The minimum atomic E-state index is -0.398. The highest BCUT2D eigenvalue weighted by atomic mass is 16.3. The van der Waals surface area contributed by atoms with Gasteiger partial charge in [-0.3, -0.25) is 4.79 Å². The van der Waals surface area contributed by atoms with Gasteiger partial charge in [-0.1, -0.05) is 19.1 Å². The minimum Gasteiger partial charge on any atom is -0.463 e. The van der Waals surface area contributed by atoms with E-state index in [-0.39, 0.29) is 11.7 Å². The lowest BCUT2D eigenvalue weighted by molar-refractivity contribution is -0.371. The fourth-order valence-corrected chi connectivity index (χ4v) is 1.72. The molecule has 1 aromatic rings. The van der Waals surface area contributed by atoms with Gasteiger partial charge in [0.1, 0.15) is 5.92 Å². The number of ketones is 1. The second-order valence-electron chi connectivity index (χ2n) is 3.38. The first-order chi connectivity index (χ1) is 6.74. The van der Waals surface area contributed by atoms with E-state index < -0.39 is 5.92 Å². The Bertz CT molecular complexity index is 410. The van der Waals surface area contributed by atoms with Crippen molar-refractivity contribution in [2.45, 2.75) is 13.3 Å². The summed E-state index contributed by atoms with van der Waals surface area (Å²) in [4.78, 5) is 14.7. The molecule has 2 N–H and O–H groups in total. The van der Waals surface area contributed by atoms with E-state index in [1.807, 2.05) is 19.1 Å². The molecule has 72 valence electrons. The number of aliphatic hydroxyl groups excluding tert-OH is 1. The Labute approximate surface area is 82.1 Å². The van der Waals surface area contributed by atoms with Crippen molar-refractivity contribution in [3.05, 3.63) is 29.8 Å². The van der Waals surface area contributed by atoms with Crippen LogP contribution >= 0.6 is 0 Å². The molecule has 2 rings (SSSR count). The normalized spacial score (nSPS) is 20.2. The lowest BCUT2D eigenvalue weighted by Gasteiger charge is -2.12. The summed E-state index contributed by atoms with van der Waals surface area (Å²) >= 11 is 0. The van der Waals surface area contributed by atoms with Gasteiger partial charge in [0.2, 0.25) is 5.69 Å². The smallest absolute Gasteiger partial charge is 0.349 e. The zero-order valence-corrected chi connectivity index (χ0v) is 7.95. The molecular weight excluding hydrogens is 178 g/mol. The number of carbonyl (C=O) groups excluding carboxylic acids is 1. The average molecular weight is 190 g/mol. The highest BCUT2D eigenvalue weighted by Gasteiger charge is 2.35. The largest absolute Gasteiger partial charge is 0.463 e. The molecule has 0 saturated heterocycles. The Balaban J connectivity index is 2.55. The van der Waals surface area contributed by atoms with Crippen LogP contribution in [0.15, 0.2) is 24.3 Å². The van der Waals surface area contributed by atoms with Gasteiger partial charge in [-0.25, -0.2) is 0 Å². The quantitative estimate of drug-likeness (QED) is 0.680. The molecule has 0 spiro atoms. The third-order valence-electron chi connectivity index (χ3n) is 2.51. The van der Waals surface area contributed by atoms with Crippen LogP contribution in [0.3, 0.4) is 0 Å². The van der Waals surface area contributed by atoms with Gasteiger partial charge in [0.05, 0.1) is 5.56 Å². The predicted octanol–water partition coefficient (Wildman–Crippen LogP) is 0.578. The number of rotatable bonds is 1. The topological polar surface area (TPSA) is 51.3 Å². The summed E-state index contributed by atoms with van der Waals surface area (Å²) in [6, 6.07) is 7.22. The van der Waals surface area contributed by atoms with E-state index in [1.165, 1.54) is 0 Å². The lowest BCUT2D eigenvalue weighted by atomic mass is 9.91. The molecular formula is C11H12NO2+. The molecule has 0 aliphatic carbocycles. The van der Waals surface area contributed by atoms with Crippen LogP contribution in [0.5, 0.6) is 0 Å². The minimum absolute atomic E-state index is 0.000602. The summed E-state index contributed by atoms with van der Waals surface area (Å²) in [7, 11) is 0. The third kappa shape index (κ3) is 1.21. The molecule has 0 radical (unpaired) electrons. The molecule has 1 atom stereocenters. The highest BCUT2D eigenvalue weighted by molar-refractivity contribution is 6.12. The number of fused-ring (bicyclic) bond motifs is 1.